The molecule has 62 valence electrons. The second-order valence-electron chi connectivity index (χ2n) is 2.17. The van der Waals surface area contributed by atoms with Gasteiger partial charge in [0.05, 0.1) is 17.0 Å². The molecule has 0 heterocycles. The van der Waals surface area contributed by atoms with Crippen LogP contribution >= 0.6 is 38.5 Å². The van der Waals surface area contributed by atoms with Crippen molar-refractivity contribution in [2.75, 3.05) is 0 Å². The monoisotopic (exact) mass is 339 g/mol. The van der Waals surface area contributed by atoms with E-state index in [0.717, 1.165) is 0 Å². The number of hydrogen-bond acceptors (Lipinski definition) is 1. The predicted molar refractivity (Wildman–Crippen MR) is 56.1 cm³/mol. The van der Waals surface area contributed by atoms with Crippen LogP contribution in [0.5, 0.6) is 0 Å². The van der Waals surface area contributed by atoms with Gasteiger partial charge < -0.3 is 0 Å². The minimum Gasteiger partial charge on any atom is -0.205 e. The summed E-state index contributed by atoms with van der Waals surface area (Å²) in [5, 5.41) is 8.41. The van der Waals surface area contributed by atoms with E-state index in [-0.39, 0.29) is 12.2 Å². The summed E-state index contributed by atoms with van der Waals surface area (Å²) < 4.78 is 14.1. The Labute approximate surface area is 91.8 Å². The van der Waals surface area contributed by atoms with E-state index in [9.17, 15) is 4.39 Å². The van der Waals surface area contributed by atoms with Crippen LogP contribution in [0.15, 0.2) is 16.6 Å². The van der Waals surface area contributed by atoms with E-state index in [1.54, 1.807) is 12.1 Å². The Hall–Kier alpha value is -0.150. The molecule has 0 radical (unpaired) electrons. The molecule has 0 aliphatic rings. The molecular weight excluding hydrogens is 336 g/mol. The number of nitrogens with zero attached hydrogens (tertiary/aromatic N) is 1. The van der Waals surface area contributed by atoms with Gasteiger partial charge >= 0.3 is 0 Å². The Balaban J connectivity index is 3.19. The molecule has 4 heteroatoms. The molecule has 0 saturated heterocycles. The highest BCUT2D eigenvalue weighted by Gasteiger charge is 2.08. The molecule has 1 nitrogen and oxygen atoms in total. The van der Waals surface area contributed by atoms with Crippen LogP contribution in [0.25, 0.3) is 0 Å². The highest BCUT2D eigenvalue weighted by atomic mass is 127. The van der Waals surface area contributed by atoms with Crippen molar-refractivity contribution in [3.63, 3.8) is 0 Å². The van der Waals surface area contributed by atoms with Gasteiger partial charge in [-0.15, -0.1) is 0 Å². The van der Waals surface area contributed by atoms with E-state index in [0.29, 0.717) is 13.6 Å². The molecule has 0 bridgehead atoms. The number of hydrogen-bond donors (Lipinski definition) is 0. The molecule has 0 unspecified atom stereocenters. The second-order valence-corrected chi connectivity index (χ2v) is 4.12. The van der Waals surface area contributed by atoms with E-state index in [1.165, 1.54) is 0 Å². The van der Waals surface area contributed by atoms with Crippen LogP contribution in [-0.4, -0.2) is 0 Å². The zero-order chi connectivity index (χ0) is 9.14. The summed E-state index contributed by atoms with van der Waals surface area (Å²) in [7, 11) is 0. The summed E-state index contributed by atoms with van der Waals surface area (Å²) in [6.07, 6.45) is 0.231. The molecule has 0 fully saturated rings. The fraction of sp³-hybridized carbons (Fsp3) is 0.125. The van der Waals surface area contributed by atoms with Crippen LogP contribution in [0, 0.1) is 20.7 Å². The molecule has 0 aromatic heterocycles. The lowest BCUT2D eigenvalue weighted by atomic mass is 10.2. The van der Waals surface area contributed by atoms with Crippen LogP contribution in [0.4, 0.5) is 4.39 Å². The lowest BCUT2D eigenvalue weighted by Gasteiger charge is -2.01. The minimum absolute atomic E-state index is 0.231. The Morgan fingerprint density at radius 1 is 1.58 bits per heavy atom. The first kappa shape index (κ1) is 9.93. The van der Waals surface area contributed by atoms with Gasteiger partial charge in [0, 0.05) is 3.57 Å². The number of nitriles is 1. The molecule has 0 amide bonds. The number of halogens is 3. The lowest BCUT2D eigenvalue weighted by Crippen LogP contribution is -1.90. The quantitative estimate of drug-likeness (QED) is 0.569. The van der Waals surface area contributed by atoms with E-state index in [2.05, 4.69) is 15.9 Å². The summed E-state index contributed by atoms with van der Waals surface area (Å²) in [5.74, 6) is -0.289. The first-order valence-corrected chi connectivity index (χ1v) is 5.03. The van der Waals surface area contributed by atoms with E-state index >= 15 is 0 Å². The normalized spacial score (nSPS) is 9.50. The van der Waals surface area contributed by atoms with E-state index < -0.39 is 0 Å². The standard InChI is InChI=1S/C8H4BrFIN/c9-7-5(3-4-12)1-2-6(11)8(7)10/h1-2H,3H2. The topological polar surface area (TPSA) is 23.8 Å². The smallest absolute Gasteiger partial charge is 0.150 e. The van der Waals surface area contributed by atoms with Crippen LogP contribution < -0.4 is 0 Å². The Morgan fingerprint density at radius 3 is 2.83 bits per heavy atom. The number of rotatable bonds is 1. The van der Waals surface area contributed by atoms with E-state index in [4.69, 9.17) is 5.26 Å². The van der Waals surface area contributed by atoms with Crippen LogP contribution in [0.3, 0.4) is 0 Å². The molecule has 1 aromatic carbocycles. The van der Waals surface area contributed by atoms with Crippen molar-refractivity contribution in [1.82, 2.24) is 0 Å². The minimum atomic E-state index is -0.289. The van der Waals surface area contributed by atoms with Crippen LogP contribution in [-0.2, 0) is 6.42 Å². The maximum atomic E-state index is 13.2. The van der Waals surface area contributed by atoms with Crippen molar-refractivity contribution >= 4 is 38.5 Å². The van der Waals surface area contributed by atoms with E-state index in [1.807, 2.05) is 28.7 Å². The summed E-state index contributed by atoms with van der Waals surface area (Å²) in [4.78, 5) is 0. The Morgan fingerprint density at radius 2 is 2.25 bits per heavy atom. The molecule has 0 saturated carbocycles. The van der Waals surface area contributed by atoms with Crippen LogP contribution in [0.2, 0.25) is 0 Å². The van der Waals surface area contributed by atoms with Gasteiger partial charge in [-0.2, -0.15) is 5.26 Å². The van der Waals surface area contributed by atoms with Gasteiger partial charge in [-0.1, -0.05) is 6.07 Å². The molecule has 1 aromatic rings. The number of benzene rings is 1. The van der Waals surface area contributed by atoms with Crippen molar-refractivity contribution in [3.05, 3.63) is 31.6 Å². The van der Waals surface area contributed by atoms with Crippen molar-refractivity contribution < 1.29 is 4.39 Å². The third-order valence-corrected chi connectivity index (χ3v) is 3.08. The lowest BCUT2D eigenvalue weighted by molar-refractivity contribution is 0.611. The molecule has 0 atom stereocenters. The molecule has 0 aliphatic carbocycles. The van der Waals surface area contributed by atoms with Gasteiger partial charge in [0.25, 0.3) is 0 Å². The van der Waals surface area contributed by atoms with Gasteiger partial charge in [-0.05, 0) is 50.2 Å². The predicted octanol–water partition coefficient (Wildman–Crippen LogP) is 3.26. The SMILES string of the molecule is N#CCc1ccc(I)c(F)c1Br. The third-order valence-electron chi connectivity index (χ3n) is 1.38. The average Bonchev–Trinajstić information content (AvgIpc) is 2.07. The molecule has 1 rings (SSSR count). The molecule has 0 N–H and O–H groups in total. The summed E-state index contributed by atoms with van der Waals surface area (Å²) in [6, 6.07) is 5.38. The highest BCUT2D eigenvalue weighted by Crippen LogP contribution is 2.24. The Bertz CT molecular complexity index is 346. The van der Waals surface area contributed by atoms with Gasteiger partial charge in [-0.25, -0.2) is 4.39 Å². The highest BCUT2D eigenvalue weighted by molar-refractivity contribution is 14.1. The fourth-order valence-corrected chi connectivity index (χ4v) is 2.09. The molecular formula is C8H4BrFIN. The second kappa shape index (κ2) is 4.19. The summed E-state index contributed by atoms with van der Waals surface area (Å²) in [6.45, 7) is 0. The molecule has 0 spiro atoms. The zero-order valence-corrected chi connectivity index (χ0v) is 9.69. The maximum Gasteiger partial charge on any atom is 0.150 e. The largest absolute Gasteiger partial charge is 0.205 e. The van der Waals surface area contributed by atoms with Gasteiger partial charge in [-0.3, -0.25) is 0 Å². The van der Waals surface area contributed by atoms with Crippen molar-refractivity contribution in [1.29, 1.82) is 5.26 Å². The molecule has 0 aliphatic heterocycles. The summed E-state index contributed by atoms with van der Waals surface area (Å²) >= 11 is 5.01. The average molecular weight is 340 g/mol. The first-order valence-electron chi connectivity index (χ1n) is 3.16. The third kappa shape index (κ3) is 1.96. The van der Waals surface area contributed by atoms with Crippen molar-refractivity contribution in [2.45, 2.75) is 6.42 Å². The van der Waals surface area contributed by atoms with Crippen molar-refractivity contribution in [3.8, 4) is 6.07 Å². The van der Waals surface area contributed by atoms with Gasteiger partial charge in [0.15, 0.2) is 5.82 Å². The maximum absolute atomic E-state index is 13.2. The molecule has 12 heavy (non-hydrogen) atoms. The van der Waals surface area contributed by atoms with Crippen molar-refractivity contribution in [2.24, 2.45) is 0 Å². The fourth-order valence-electron chi connectivity index (χ4n) is 0.788. The first-order chi connectivity index (χ1) is 5.66. The van der Waals surface area contributed by atoms with Gasteiger partial charge in [0.1, 0.15) is 0 Å². The van der Waals surface area contributed by atoms with Gasteiger partial charge in [0.2, 0.25) is 0 Å². The summed E-state index contributed by atoms with van der Waals surface area (Å²) in [5.41, 5.74) is 0.690. The Kier molecular flexibility index (Phi) is 3.47. The zero-order valence-electron chi connectivity index (χ0n) is 5.94. The van der Waals surface area contributed by atoms with Crippen LogP contribution in [0.1, 0.15) is 5.56 Å².